The second-order valence-corrected chi connectivity index (χ2v) is 9.17. The molecule has 2 fully saturated rings. The second-order valence-electron chi connectivity index (χ2n) is 9.17. The van der Waals surface area contributed by atoms with E-state index in [4.69, 9.17) is 0 Å². The Labute approximate surface area is 179 Å². The highest BCUT2D eigenvalue weighted by molar-refractivity contribution is 5.86. The first-order valence-electron chi connectivity index (χ1n) is 11.1. The molecule has 1 atom stereocenters. The van der Waals surface area contributed by atoms with E-state index < -0.39 is 5.41 Å². The van der Waals surface area contributed by atoms with E-state index in [2.05, 4.69) is 30.3 Å². The van der Waals surface area contributed by atoms with Crippen LogP contribution in [0.3, 0.4) is 0 Å². The zero-order valence-corrected chi connectivity index (χ0v) is 18.1. The zero-order chi connectivity index (χ0) is 21.1. The van der Waals surface area contributed by atoms with Gasteiger partial charge in [-0.15, -0.1) is 0 Å². The Bertz CT molecular complexity index is 902. The molecule has 2 aliphatic rings. The third kappa shape index (κ3) is 4.00. The van der Waals surface area contributed by atoms with Crippen molar-refractivity contribution in [3.8, 4) is 11.1 Å². The van der Waals surface area contributed by atoms with Crippen LogP contribution in [0.5, 0.6) is 0 Å². The van der Waals surface area contributed by atoms with E-state index in [1.807, 2.05) is 43.3 Å². The first-order valence-corrected chi connectivity index (χ1v) is 11.1. The van der Waals surface area contributed by atoms with Gasteiger partial charge >= 0.3 is 0 Å². The highest BCUT2D eigenvalue weighted by Gasteiger charge is 2.47. The van der Waals surface area contributed by atoms with Crippen LogP contribution in [-0.2, 0) is 16.0 Å². The van der Waals surface area contributed by atoms with E-state index in [0.29, 0.717) is 19.5 Å². The molecule has 1 aliphatic carbocycles. The Balaban J connectivity index is 1.64. The molecule has 2 aromatic rings. The first-order chi connectivity index (χ1) is 14.5. The van der Waals surface area contributed by atoms with Gasteiger partial charge in [0.2, 0.25) is 11.8 Å². The molecular formula is C26H32N2O2. The predicted octanol–water partition coefficient (Wildman–Crippen LogP) is 4.39. The van der Waals surface area contributed by atoms with Gasteiger partial charge in [0.05, 0.1) is 5.41 Å². The Morgan fingerprint density at radius 2 is 1.67 bits per heavy atom. The van der Waals surface area contributed by atoms with E-state index in [0.717, 1.165) is 37.7 Å². The number of nitrogens with zero attached hydrogens (tertiary/aromatic N) is 2. The number of carbonyl (C=O) groups excluding carboxylic acids is 2. The summed E-state index contributed by atoms with van der Waals surface area (Å²) in [4.78, 5) is 30.1. The molecule has 0 aromatic heterocycles. The number of hydrogen-bond donors (Lipinski definition) is 0. The maximum Gasteiger partial charge on any atom is 0.230 e. The van der Waals surface area contributed by atoms with Crippen LogP contribution in [0.15, 0.2) is 54.6 Å². The van der Waals surface area contributed by atoms with Gasteiger partial charge in [0.15, 0.2) is 0 Å². The summed E-state index contributed by atoms with van der Waals surface area (Å²) in [6.07, 6.45) is 5.68. The molecule has 0 radical (unpaired) electrons. The number of likely N-dealkylation sites (tertiary alicyclic amines) is 1. The fourth-order valence-electron chi connectivity index (χ4n) is 5.30. The van der Waals surface area contributed by atoms with Crippen molar-refractivity contribution >= 4 is 11.8 Å². The summed E-state index contributed by atoms with van der Waals surface area (Å²) in [7, 11) is 3.66. The van der Waals surface area contributed by atoms with Crippen molar-refractivity contribution < 1.29 is 9.59 Å². The normalized spacial score (nSPS) is 21.7. The molecule has 4 rings (SSSR count). The number of hydrogen-bond acceptors (Lipinski definition) is 2. The first kappa shape index (κ1) is 20.6. The van der Waals surface area contributed by atoms with Gasteiger partial charge in [0, 0.05) is 33.1 Å². The highest BCUT2D eigenvalue weighted by Crippen LogP contribution is 2.40. The number of rotatable bonds is 5. The van der Waals surface area contributed by atoms with Crippen LogP contribution < -0.4 is 0 Å². The van der Waals surface area contributed by atoms with E-state index in [1.54, 1.807) is 4.90 Å². The lowest BCUT2D eigenvalue weighted by Gasteiger charge is -2.32. The third-order valence-electron chi connectivity index (χ3n) is 6.86. The minimum absolute atomic E-state index is 0.132. The molecule has 0 unspecified atom stereocenters. The maximum atomic E-state index is 13.4. The second kappa shape index (κ2) is 8.63. The van der Waals surface area contributed by atoms with Crippen molar-refractivity contribution in [2.24, 2.45) is 11.3 Å². The molecule has 2 amide bonds. The molecule has 1 heterocycles. The summed E-state index contributed by atoms with van der Waals surface area (Å²) < 4.78 is 0. The maximum absolute atomic E-state index is 13.4. The van der Waals surface area contributed by atoms with Crippen LogP contribution in [0.25, 0.3) is 11.1 Å². The van der Waals surface area contributed by atoms with Crippen molar-refractivity contribution in [1.82, 2.24) is 9.80 Å². The van der Waals surface area contributed by atoms with Crippen LogP contribution in [0, 0.1) is 11.3 Å². The number of benzene rings is 2. The molecule has 2 aromatic carbocycles. The van der Waals surface area contributed by atoms with E-state index in [9.17, 15) is 9.59 Å². The van der Waals surface area contributed by atoms with Crippen molar-refractivity contribution in [3.63, 3.8) is 0 Å². The summed E-state index contributed by atoms with van der Waals surface area (Å²) in [5.41, 5.74) is 2.96. The lowest BCUT2D eigenvalue weighted by Crippen LogP contribution is -2.45. The third-order valence-corrected chi connectivity index (χ3v) is 6.86. The minimum Gasteiger partial charge on any atom is -0.348 e. The molecule has 1 saturated heterocycles. The van der Waals surface area contributed by atoms with Gasteiger partial charge in [0.1, 0.15) is 0 Å². The highest BCUT2D eigenvalue weighted by atomic mass is 16.2. The fraction of sp³-hybridized carbons (Fsp3) is 0.462. The van der Waals surface area contributed by atoms with E-state index in [-0.39, 0.29) is 17.7 Å². The van der Waals surface area contributed by atoms with Gasteiger partial charge < -0.3 is 9.80 Å². The molecule has 4 nitrogen and oxygen atoms in total. The fourth-order valence-corrected chi connectivity index (χ4v) is 5.30. The SMILES string of the molecule is CN(C)C(=O)[C@@]1(Cc2ccccc2-c2ccccc2)CCN(C(=O)C2CCCC2)C1. The van der Waals surface area contributed by atoms with Gasteiger partial charge in [0.25, 0.3) is 0 Å². The monoisotopic (exact) mass is 404 g/mol. The van der Waals surface area contributed by atoms with E-state index >= 15 is 0 Å². The predicted molar refractivity (Wildman–Crippen MR) is 120 cm³/mol. The molecule has 4 heteroatoms. The van der Waals surface area contributed by atoms with Crippen molar-refractivity contribution in [2.45, 2.75) is 38.5 Å². The molecule has 30 heavy (non-hydrogen) atoms. The summed E-state index contributed by atoms with van der Waals surface area (Å²) in [5.74, 6) is 0.552. The Kier molecular flexibility index (Phi) is 5.94. The summed E-state index contributed by atoms with van der Waals surface area (Å²) in [6.45, 7) is 1.21. The Hall–Kier alpha value is -2.62. The topological polar surface area (TPSA) is 40.6 Å². The van der Waals surface area contributed by atoms with Crippen LogP contribution in [0.1, 0.15) is 37.7 Å². The van der Waals surface area contributed by atoms with Gasteiger partial charge in [-0.3, -0.25) is 9.59 Å². The Morgan fingerprint density at radius 3 is 2.37 bits per heavy atom. The zero-order valence-electron chi connectivity index (χ0n) is 18.1. The van der Waals surface area contributed by atoms with Crippen LogP contribution in [-0.4, -0.2) is 48.8 Å². The molecule has 0 spiro atoms. The lowest BCUT2D eigenvalue weighted by molar-refractivity contribution is -0.140. The molecule has 0 N–H and O–H groups in total. The molecule has 1 saturated carbocycles. The number of carbonyl (C=O) groups is 2. The average Bonchev–Trinajstić information content (AvgIpc) is 3.45. The van der Waals surface area contributed by atoms with Gasteiger partial charge in [-0.05, 0) is 42.4 Å². The summed E-state index contributed by atoms with van der Waals surface area (Å²) in [5, 5.41) is 0. The molecule has 0 bridgehead atoms. The summed E-state index contributed by atoms with van der Waals surface area (Å²) >= 11 is 0. The minimum atomic E-state index is -0.553. The van der Waals surface area contributed by atoms with Gasteiger partial charge in [-0.2, -0.15) is 0 Å². The van der Waals surface area contributed by atoms with Gasteiger partial charge in [-0.1, -0.05) is 67.4 Å². The van der Waals surface area contributed by atoms with Crippen LogP contribution >= 0.6 is 0 Å². The Morgan fingerprint density at radius 1 is 1.00 bits per heavy atom. The van der Waals surface area contributed by atoms with E-state index in [1.165, 1.54) is 11.1 Å². The number of amides is 2. The van der Waals surface area contributed by atoms with Crippen LogP contribution in [0.2, 0.25) is 0 Å². The smallest absolute Gasteiger partial charge is 0.230 e. The summed E-state index contributed by atoms with van der Waals surface area (Å²) in [6, 6.07) is 18.7. The molecule has 1 aliphatic heterocycles. The van der Waals surface area contributed by atoms with Crippen molar-refractivity contribution in [2.75, 3.05) is 27.2 Å². The van der Waals surface area contributed by atoms with Crippen molar-refractivity contribution in [1.29, 1.82) is 0 Å². The van der Waals surface area contributed by atoms with Crippen molar-refractivity contribution in [3.05, 3.63) is 60.2 Å². The standard InChI is InChI=1S/C26H32N2O2/c1-27(2)25(30)26(16-17-28(19-26)24(29)21-12-6-7-13-21)18-22-14-8-9-15-23(22)20-10-4-3-5-11-20/h3-5,8-11,14-15,21H,6-7,12-13,16-19H2,1-2H3/t26-/m1/s1. The largest absolute Gasteiger partial charge is 0.348 e. The lowest BCUT2D eigenvalue weighted by atomic mass is 9.77. The molecule has 158 valence electrons. The quantitative estimate of drug-likeness (QED) is 0.741. The van der Waals surface area contributed by atoms with Crippen LogP contribution in [0.4, 0.5) is 0 Å². The van der Waals surface area contributed by atoms with Gasteiger partial charge in [-0.25, -0.2) is 0 Å². The average molecular weight is 405 g/mol. The molecular weight excluding hydrogens is 372 g/mol.